The minimum Gasteiger partial charge on any atom is -0.378 e. The van der Waals surface area contributed by atoms with Gasteiger partial charge in [-0.25, -0.2) is 4.79 Å². The Hall–Kier alpha value is -3.82. The van der Waals surface area contributed by atoms with Gasteiger partial charge in [0.2, 0.25) is 0 Å². The number of carbonyl (C=O) groups is 1. The van der Waals surface area contributed by atoms with Gasteiger partial charge < -0.3 is 9.74 Å². The molecule has 0 amide bonds. The summed E-state index contributed by atoms with van der Waals surface area (Å²) < 4.78 is 0. The number of hydrogen-bond acceptors (Lipinski definition) is 8. The van der Waals surface area contributed by atoms with Crippen molar-refractivity contribution in [3.8, 4) is 0 Å². The van der Waals surface area contributed by atoms with Crippen LogP contribution < -0.4 is 4.90 Å². The Morgan fingerprint density at radius 2 is 1.58 bits per heavy atom. The highest BCUT2D eigenvalue weighted by Gasteiger charge is 2.20. The maximum absolute atomic E-state index is 11.9. The van der Waals surface area contributed by atoms with Crippen LogP contribution in [0.1, 0.15) is 15.9 Å². The van der Waals surface area contributed by atoms with Crippen LogP contribution in [0.2, 0.25) is 0 Å². The topological polar surface area (TPSA) is 128 Å². The second-order valence-corrected chi connectivity index (χ2v) is 5.35. The molecule has 0 saturated carbocycles. The summed E-state index contributed by atoms with van der Waals surface area (Å²) in [6.07, 6.45) is 1.28. The van der Waals surface area contributed by atoms with E-state index in [1.54, 1.807) is 12.1 Å². The molecule has 0 fully saturated rings. The summed E-state index contributed by atoms with van der Waals surface area (Å²) in [5, 5.41) is 25.2. The Morgan fingerprint density at radius 1 is 1.04 bits per heavy atom. The summed E-state index contributed by atoms with van der Waals surface area (Å²) in [5.41, 5.74) is 0.117. The lowest BCUT2D eigenvalue weighted by atomic mass is 10.2. The summed E-state index contributed by atoms with van der Waals surface area (Å²) in [5.74, 6) is -1.04. The van der Waals surface area contributed by atoms with Gasteiger partial charge in [-0.05, 0) is 17.7 Å². The first-order chi connectivity index (χ1) is 12.3. The van der Waals surface area contributed by atoms with Gasteiger partial charge in [0, 0.05) is 31.9 Å². The molecule has 0 radical (unpaired) electrons. The van der Waals surface area contributed by atoms with Gasteiger partial charge in [-0.3, -0.25) is 20.2 Å². The zero-order valence-electron chi connectivity index (χ0n) is 13.9. The van der Waals surface area contributed by atoms with E-state index in [0.717, 1.165) is 23.9 Å². The molecule has 0 heterocycles. The molecule has 0 bridgehead atoms. The highest BCUT2D eigenvalue weighted by atomic mass is 16.7. The van der Waals surface area contributed by atoms with E-state index in [9.17, 15) is 25.0 Å². The van der Waals surface area contributed by atoms with Gasteiger partial charge >= 0.3 is 5.97 Å². The van der Waals surface area contributed by atoms with Crippen molar-refractivity contribution in [2.45, 2.75) is 0 Å². The third-order valence-electron chi connectivity index (χ3n) is 3.31. The molecule has 0 aliphatic rings. The number of nitrogens with zero attached hydrogens (tertiary/aromatic N) is 4. The van der Waals surface area contributed by atoms with Crippen LogP contribution in [0.4, 0.5) is 17.1 Å². The fourth-order valence-corrected chi connectivity index (χ4v) is 1.97. The zero-order chi connectivity index (χ0) is 19.3. The molecule has 0 atom stereocenters. The van der Waals surface area contributed by atoms with Crippen LogP contribution in [-0.2, 0) is 4.84 Å². The maximum Gasteiger partial charge on any atom is 0.366 e. The second kappa shape index (κ2) is 7.83. The summed E-state index contributed by atoms with van der Waals surface area (Å²) in [6.45, 7) is 0. The van der Waals surface area contributed by atoms with Crippen molar-refractivity contribution in [3.63, 3.8) is 0 Å². The van der Waals surface area contributed by atoms with Crippen molar-refractivity contribution in [3.05, 3.63) is 73.8 Å². The molecule has 2 aromatic rings. The molecule has 0 spiro atoms. The predicted octanol–water partition coefficient (Wildman–Crippen LogP) is 2.76. The van der Waals surface area contributed by atoms with E-state index in [4.69, 9.17) is 0 Å². The second-order valence-electron chi connectivity index (χ2n) is 5.35. The molecular weight excluding hydrogens is 344 g/mol. The minimum absolute atomic E-state index is 0.342. The van der Waals surface area contributed by atoms with Crippen LogP contribution in [0.5, 0.6) is 0 Å². The number of rotatable bonds is 6. The summed E-state index contributed by atoms with van der Waals surface area (Å²) in [6, 6.07) is 9.72. The van der Waals surface area contributed by atoms with Gasteiger partial charge in [0.15, 0.2) is 0 Å². The first-order valence-electron chi connectivity index (χ1n) is 7.24. The lowest BCUT2D eigenvalue weighted by Crippen LogP contribution is -2.08. The molecular formula is C16H14N4O6. The molecule has 0 saturated heterocycles. The first kappa shape index (κ1) is 18.5. The molecule has 0 aliphatic carbocycles. The highest BCUT2D eigenvalue weighted by molar-refractivity contribution is 5.91. The first-order valence-corrected chi connectivity index (χ1v) is 7.24. The summed E-state index contributed by atoms with van der Waals surface area (Å²) in [7, 11) is 3.78. The normalized spacial score (nSPS) is 10.5. The fraction of sp³-hybridized carbons (Fsp3) is 0.125. The van der Waals surface area contributed by atoms with Crippen LogP contribution >= 0.6 is 0 Å². The minimum atomic E-state index is -1.04. The number of carbonyl (C=O) groups excluding carboxylic acids is 1. The van der Waals surface area contributed by atoms with Gasteiger partial charge in [0.05, 0.1) is 27.7 Å². The molecule has 26 heavy (non-hydrogen) atoms. The summed E-state index contributed by atoms with van der Waals surface area (Å²) in [4.78, 5) is 38.5. The van der Waals surface area contributed by atoms with Crippen molar-refractivity contribution >= 4 is 29.2 Å². The van der Waals surface area contributed by atoms with Crippen LogP contribution in [0, 0.1) is 20.2 Å². The van der Waals surface area contributed by atoms with Gasteiger partial charge in [-0.2, -0.15) is 0 Å². The Morgan fingerprint density at radius 3 is 2.04 bits per heavy atom. The van der Waals surface area contributed by atoms with Gasteiger partial charge in [0.25, 0.3) is 11.4 Å². The van der Waals surface area contributed by atoms with E-state index in [1.807, 2.05) is 31.1 Å². The van der Waals surface area contributed by atoms with E-state index in [1.165, 1.54) is 6.21 Å². The van der Waals surface area contributed by atoms with Crippen molar-refractivity contribution in [2.75, 3.05) is 19.0 Å². The quantitative estimate of drug-likeness (QED) is 0.336. The average molecular weight is 358 g/mol. The van der Waals surface area contributed by atoms with Gasteiger partial charge in [0.1, 0.15) is 0 Å². The van der Waals surface area contributed by atoms with Crippen molar-refractivity contribution < 1.29 is 19.5 Å². The van der Waals surface area contributed by atoms with E-state index in [0.29, 0.717) is 5.56 Å². The Bertz CT molecular complexity index is 845. The van der Waals surface area contributed by atoms with Crippen LogP contribution in [0.15, 0.2) is 47.6 Å². The monoisotopic (exact) mass is 358 g/mol. The molecule has 2 aromatic carbocycles. The number of oxime groups is 1. The third kappa shape index (κ3) is 4.60. The fourth-order valence-electron chi connectivity index (χ4n) is 1.97. The lowest BCUT2D eigenvalue weighted by Gasteiger charge is -2.11. The molecule has 0 aromatic heterocycles. The number of anilines is 1. The van der Waals surface area contributed by atoms with Crippen LogP contribution in [0.25, 0.3) is 0 Å². The Labute approximate surface area is 147 Å². The SMILES string of the molecule is CN(C)c1ccc(C=NOC(=O)c2cc([N+](=O)[O-])cc([N+](=O)[O-])c2)cc1. The number of benzene rings is 2. The van der Waals surface area contributed by atoms with Crippen LogP contribution in [0.3, 0.4) is 0 Å². The molecule has 2 rings (SSSR count). The number of nitro benzene ring substituents is 2. The van der Waals surface area contributed by atoms with E-state index in [2.05, 4.69) is 9.99 Å². The number of non-ortho nitro benzene ring substituents is 2. The number of nitro groups is 2. The summed E-state index contributed by atoms with van der Waals surface area (Å²) >= 11 is 0. The molecule has 0 aliphatic heterocycles. The van der Waals surface area contributed by atoms with E-state index < -0.39 is 27.2 Å². The largest absolute Gasteiger partial charge is 0.378 e. The Kier molecular flexibility index (Phi) is 5.58. The molecule has 134 valence electrons. The van der Waals surface area contributed by atoms with Crippen molar-refractivity contribution in [1.82, 2.24) is 0 Å². The van der Waals surface area contributed by atoms with Crippen molar-refractivity contribution in [2.24, 2.45) is 5.16 Å². The maximum atomic E-state index is 11.9. The van der Waals surface area contributed by atoms with E-state index >= 15 is 0 Å². The molecule has 0 unspecified atom stereocenters. The van der Waals surface area contributed by atoms with Crippen LogP contribution in [-0.4, -0.2) is 36.1 Å². The zero-order valence-corrected chi connectivity index (χ0v) is 13.9. The third-order valence-corrected chi connectivity index (χ3v) is 3.31. The molecule has 0 N–H and O–H groups in total. The van der Waals surface area contributed by atoms with Gasteiger partial charge in [-0.1, -0.05) is 17.3 Å². The van der Waals surface area contributed by atoms with Crippen molar-refractivity contribution in [1.29, 1.82) is 0 Å². The lowest BCUT2D eigenvalue weighted by molar-refractivity contribution is -0.394. The van der Waals surface area contributed by atoms with E-state index in [-0.39, 0.29) is 5.56 Å². The highest BCUT2D eigenvalue weighted by Crippen LogP contribution is 2.23. The molecule has 10 nitrogen and oxygen atoms in total. The average Bonchev–Trinajstić information content (AvgIpc) is 2.61. The smallest absolute Gasteiger partial charge is 0.366 e. The number of hydrogen-bond donors (Lipinski definition) is 0. The van der Waals surface area contributed by atoms with Gasteiger partial charge in [-0.15, -0.1) is 0 Å². The standard InChI is InChI=1S/C16H14N4O6/c1-18(2)13-5-3-11(4-6-13)10-17-26-16(21)12-7-14(19(22)23)9-15(8-12)20(24)25/h3-10H,1-2H3. The molecule has 10 heteroatoms. The predicted molar refractivity (Wildman–Crippen MR) is 93.5 cm³/mol. The Balaban J connectivity index is 2.14.